The predicted octanol–water partition coefficient (Wildman–Crippen LogP) is 1.09. The molecule has 2 N–H and O–H groups in total. The largest absolute Gasteiger partial charge is 0.476 e. The first kappa shape index (κ1) is 11.3. The molecule has 1 aliphatic rings. The maximum Gasteiger partial charge on any atom is 0.356 e. The summed E-state index contributed by atoms with van der Waals surface area (Å²) in [4.78, 5) is 14.9. The number of carbonyl (C=O) groups is 1. The maximum absolute atomic E-state index is 10.9. The van der Waals surface area contributed by atoms with Gasteiger partial charge in [0, 0.05) is 13.1 Å². The van der Waals surface area contributed by atoms with Crippen LogP contribution in [0.5, 0.6) is 0 Å². The number of morpholine rings is 1. The van der Waals surface area contributed by atoms with Gasteiger partial charge in [0.15, 0.2) is 5.69 Å². The molecule has 1 aromatic heterocycles. The van der Waals surface area contributed by atoms with Gasteiger partial charge in [0.1, 0.15) is 6.10 Å². The molecule has 0 bridgehead atoms. The van der Waals surface area contributed by atoms with Gasteiger partial charge in [-0.1, -0.05) is 11.6 Å². The summed E-state index contributed by atoms with van der Waals surface area (Å²) in [6, 6.07) is 3.22. The molecule has 1 aromatic rings. The van der Waals surface area contributed by atoms with Crippen molar-refractivity contribution in [2.75, 3.05) is 19.7 Å². The molecular formula is C10H11ClN2O3. The van der Waals surface area contributed by atoms with E-state index in [0.29, 0.717) is 18.8 Å². The van der Waals surface area contributed by atoms with Gasteiger partial charge in [0.05, 0.1) is 17.3 Å². The Kier molecular flexibility index (Phi) is 3.38. The fourth-order valence-electron chi connectivity index (χ4n) is 1.54. The highest BCUT2D eigenvalue weighted by Crippen LogP contribution is 2.21. The van der Waals surface area contributed by atoms with Crippen molar-refractivity contribution in [1.82, 2.24) is 10.3 Å². The number of aromatic nitrogens is 1. The number of halogens is 1. The lowest BCUT2D eigenvalue weighted by Gasteiger charge is -2.23. The molecule has 0 aliphatic carbocycles. The highest BCUT2D eigenvalue weighted by molar-refractivity contribution is 6.33. The van der Waals surface area contributed by atoms with Crippen LogP contribution in [0.4, 0.5) is 0 Å². The molecule has 1 atom stereocenters. The first-order valence-electron chi connectivity index (χ1n) is 4.90. The number of nitrogens with one attached hydrogen (secondary N) is 1. The van der Waals surface area contributed by atoms with E-state index in [9.17, 15) is 4.79 Å². The van der Waals surface area contributed by atoms with E-state index in [4.69, 9.17) is 21.4 Å². The summed E-state index contributed by atoms with van der Waals surface area (Å²) in [6.07, 6.45) is -0.205. The van der Waals surface area contributed by atoms with Crippen LogP contribution in [0.3, 0.4) is 0 Å². The SMILES string of the molecule is O=C(O)c1nc(C2CNCCO2)ccc1Cl. The fourth-order valence-corrected chi connectivity index (χ4v) is 1.73. The van der Waals surface area contributed by atoms with E-state index in [1.54, 1.807) is 6.07 Å². The van der Waals surface area contributed by atoms with Crippen molar-refractivity contribution in [2.24, 2.45) is 0 Å². The second-order valence-electron chi connectivity index (χ2n) is 3.44. The van der Waals surface area contributed by atoms with Crippen molar-refractivity contribution in [1.29, 1.82) is 0 Å². The number of hydrogen-bond donors (Lipinski definition) is 2. The molecule has 86 valence electrons. The average Bonchev–Trinajstić information content (AvgIpc) is 2.30. The summed E-state index contributed by atoms with van der Waals surface area (Å²) in [7, 11) is 0. The number of pyridine rings is 1. The van der Waals surface area contributed by atoms with Gasteiger partial charge in [-0.2, -0.15) is 0 Å². The lowest BCUT2D eigenvalue weighted by molar-refractivity contribution is 0.0248. The monoisotopic (exact) mass is 242 g/mol. The van der Waals surface area contributed by atoms with Gasteiger partial charge in [0.2, 0.25) is 0 Å². The van der Waals surface area contributed by atoms with Crippen LogP contribution < -0.4 is 5.32 Å². The molecule has 5 nitrogen and oxygen atoms in total. The number of rotatable bonds is 2. The molecular weight excluding hydrogens is 232 g/mol. The van der Waals surface area contributed by atoms with E-state index in [1.165, 1.54) is 6.07 Å². The number of ether oxygens (including phenoxy) is 1. The Bertz CT molecular complexity index is 405. The third kappa shape index (κ3) is 2.32. The molecule has 1 fully saturated rings. The molecule has 0 radical (unpaired) electrons. The number of hydrogen-bond acceptors (Lipinski definition) is 4. The summed E-state index contributed by atoms with van der Waals surface area (Å²) < 4.78 is 5.48. The van der Waals surface area contributed by atoms with Crippen LogP contribution in [-0.4, -0.2) is 35.8 Å². The van der Waals surface area contributed by atoms with Crippen molar-refractivity contribution in [3.05, 3.63) is 28.5 Å². The molecule has 2 heterocycles. The Balaban J connectivity index is 2.27. The standard InChI is InChI=1S/C10H11ClN2O3/c11-6-1-2-7(13-9(6)10(14)15)8-5-12-3-4-16-8/h1-2,8,12H,3-5H2,(H,14,15). The van der Waals surface area contributed by atoms with Crippen molar-refractivity contribution in [3.63, 3.8) is 0 Å². The van der Waals surface area contributed by atoms with Crippen LogP contribution in [0.1, 0.15) is 22.3 Å². The molecule has 2 rings (SSSR count). The van der Waals surface area contributed by atoms with Crippen LogP contribution >= 0.6 is 11.6 Å². The first-order chi connectivity index (χ1) is 7.68. The predicted molar refractivity (Wildman–Crippen MR) is 57.8 cm³/mol. The Hall–Kier alpha value is -1.17. The topological polar surface area (TPSA) is 71.5 Å². The molecule has 16 heavy (non-hydrogen) atoms. The summed E-state index contributed by atoms with van der Waals surface area (Å²) in [6.45, 7) is 2.03. The summed E-state index contributed by atoms with van der Waals surface area (Å²) in [5.41, 5.74) is 0.461. The fraction of sp³-hybridized carbons (Fsp3) is 0.400. The summed E-state index contributed by atoms with van der Waals surface area (Å²) >= 11 is 5.73. The quantitative estimate of drug-likeness (QED) is 0.813. The molecule has 1 aliphatic heterocycles. The molecule has 1 unspecified atom stereocenters. The van der Waals surface area contributed by atoms with E-state index >= 15 is 0 Å². The summed E-state index contributed by atoms with van der Waals surface area (Å²) in [5, 5.41) is 12.2. The Morgan fingerprint density at radius 1 is 1.62 bits per heavy atom. The smallest absolute Gasteiger partial charge is 0.356 e. The Morgan fingerprint density at radius 3 is 3.06 bits per heavy atom. The van der Waals surface area contributed by atoms with Crippen LogP contribution in [-0.2, 0) is 4.74 Å². The highest BCUT2D eigenvalue weighted by atomic mass is 35.5. The van der Waals surface area contributed by atoms with E-state index in [2.05, 4.69) is 10.3 Å². The van der Waals surface area contributed by atoms with Gasteiger partial charge in [-0.25, -0.2) is 9.78 Å². The lowest BCUT2D eigenvalue weighted by atomic mass is 10.2. The minimum atomic E-state index is -1.13. The molecule has 0 amide bonds. The van der Waals surface area contributed by atoms with Gasteiger partial charge >= 0.3 is 5.97 Å². The van der Waals surface area contributed by atoms with E-state index < -0.39 is 5.97 Å². The van der Waals surface area contributed by atoms with Gasteiger partial charge in [0.25, 0.3) is 0 Å². The number of carboxylic acids is 1. The van der Waals surface area contributed by atoms with Crippen molar-refractivity contribution >= 4 is 17.6 Å². The van der Waals surface area contributed by atoms with E-state index in [-0.39, 0.29) is 16.8 Å². The molecule has 6 heteroatoms. The van der Waals surface area contributed by atoms with Crippen molar-refractivity contribution in [3.8, 4) is 0 Å². The molecule has 0 spiro atoms. The van der Waals surface area contributed by atoms with Gasteiger partial charge in [-0.3, -0.25) is 0 Å². The lowest BCUT2D eigenvalue weighted by Crippen LogP contribution is -2.33. The maximum atomic E-state index is 10.9. The van der Waals surface area contributed by atoms with Crippen molar-refractivity contribution < 1.29 is 14.6 Å². The van der Waals surface area contributed by atoms with Crippen LogP contribution in [0.15, 0.2) is 12.1 Å². The first-order valence-corrected chi connectivity index (χ1v) is 5.28. The zero-order chi connectivity index (χ0) is 11.5. The summed E-state index contributed by atoms with van der Waals surface area (Å²) in [5.74, 6) is -1.13. The number of carboxylic acid groups (broad SMARTS) is 1. The minimum absolute atomic E-state index is 0.131. The van der Waals surface area contributed by atoms with Crippen molar-refractivity contribution in [2.45, 2.75) is 6.10 Å². The van der Waals surface area contributed by atoms with Gasteiger partial charge < -0.3 is 15.2 Å². The van der Waals surface area contributed by atoms with E-state index in [0.717, 1.165) is 6.54 Å². The number of nitrogens with zero attached hydrogens (tertiary/aromatic N) is 1. The minimum Gasteiger partial charge on any atom is -0.476 e. The third-order valence-electron chi connectivity index (χ3n) is 2.33. The Morgan fingerprint density at radius 2 is 2.44 bits per heavy atom. The van der Waals surface area contributed by atoms with Crippen LogP contribution in [0.25, 0.3) is 0 Å². The van der Waals surface area contributed by atoms with Crippen LogP contribution in [0, 0.1) is 0 Å². The second-order valence-corrected chi connectivity index (χ2v) is 3.84. The molecule has 0 aromatic carbocycles. The highest BCUT2D eigenvalue weighted by Gasteiger charge is 2.20. The number of aromatic carboxylic acids is 1. The molecule has 1 saturated heterocycles. The normalized spacial score (nSPS) is 20.7. The zero-order valence-corrected chi connectivity index (χ0v) is 9.20. The van der Waals surface area contributed by atoms with Gasteiger partial charge in [-0.15, -0.1) is 0 Å². The molecule has 0 saturated carbocycles. The van der Waals surface area contributed by atoms with Gasteiger partial charge in [-0.05, 0) is 12.1 Å². The average molecular weight is 243 g/mol. The Labute approximate surface area is 97.4 Å². The third-order valence-corrected chi connectivity index (χ3v) is 2.63. The van der Waals surface area contributed by atoms with Crippen LogP contribution in [0.2, 0.25) is 5.02 Å². The zero-order valence-electron chi connectivity index (χ0n) is 8.44. The van der Waals surface area contributed by atoms with E-state index in [1.807, 2.05) is 0 Å². The second kappa shape index (κ2) is 4.78.